The summed E-state index contributed by atoms with van der Waals surface area (Å²) in [5.74, 6) is -2.16. The zero-order chi connectivity index (χ0) is 25.4. The van der Waals surface area contributed by atoms with Crippen molar-refractivity contribution in [1.29, 1.82) is 0 Å². The van der Waals surface area contributed by atoms with Crippen LogP contribution in [0.2, 0.25) is 0 Å². The van der Waals surface area contributed by atoms with Crippen LogP contribution in [0.25, 0.3) is 0 Å². The Hall–Kier alpha value is -3.53. The van der Waals surface area contributed by atoms with Crippen LogP contribution in [0.3, 0.4) is 0 Å². The van der Waals surface area contributed by atoms with Gasteiger partial charge in [-0.1, -0.05) is 42.5 Å². The lowest BCUT2D eigenvalue weighted by Crippen LogP contribution is -2.56. The molecule has 0 aromatic heterocycles. The van der Waals surface area contributed by atoms with Crippen LogP contribution in [-0.2, 0) is 9.59 Å². The molecule has 0 spiro atoms. The molecule has 2 aliphatic heterocycles. The van der Waals surface area contributed by atoms with E-state index in [9.17, 15) is 22.8 Å². The van der Waals surface area contributed by atoms with Crippen molar-refractivity contribution in [1.82, 2.24) is 15.8 Å². The topological polar surface area (TPSA) is 82.7 Å². The van der Waals surface area contributed by atoms with Crippen LogP contribution in [0.15, 0.2) is 65.9 Å². The highest BCUT2D eigenvalue weighted by molar-refractivity contribution is 6.23. The fourth-order valence-electron chi connectivity index (χ4n) is 5.20. The van der Waals surface area contributed by atoms with Crippen molar-refractivity contribution in [2.45, 2.75) is 63.0 Å². The lowest BCUT2D eigenvalue weighted by molar-refractivity contribution is -0.161. The zero-order valence-corrected chi connectivity index (χ0v) is 19.6. The number of benzene rings is 2. The number of alkyl halides is 3. The Morgan fingerprint density at radius 3 is 2.42 bits per heavy atom. The minimum Gasteiger partial charge on any atom is -0.488 e. The van der Waals surface area contributed by atoms with Crippen LogP contribution in [-0.4, -0.2) is 41.3 Å². The SMILES string of the molecule is CC1=C(C(=O)Nc2ccccc2OC2CCCC2)C(=O)N2NC(C(F)(F)F)C(c3ccccc3)C2N1. The largest absolute Gasteiger partial charge is 0.488 e. The number of carbonyl (C=O) groups is 2. The monoisotopic (exact) mass is 500 g/mol. The van der Waals surface area contributed by atoms with E-state index < -0.39 is 36.1 Å². The maximum atomic E-state index is 14.0. The van der Waals surface area contributed by atoms with E-state index in [4.69, 9.17) is 4.74 Å². The number of anilines is 1. The number of nitrogens with zero attached hydrogens (tertiary/aromatic N) is 1. The molecule has 2 fully saturated rings. The minimum absolute atomic E-state index is 0.0609. The molecule has 7 nitrogen and oxygen atoms in total. The van der Waals surface area contributed by atoms with Crippen molar-refractivity contribution < 1.29 is 27.5 Å². The van der Waals surface area contributed by atoms with E-state index in [0.717, 1.165) is 30.7 Å². The third-order valence-electron chi connectivity index (χ3n) is 6.92. The number of nitrogens with one attached hydrogen (secondary N) is 3. The third-order valence-corrected chi connectivity index (χ3v) is 6.92. The summed E-state index contributed by atoms with van der Waals surface area (Å²) in [5.41, 5.74) is 3.09. The summed E-state index contributed by atoms with van der Waals surface area (Å²) < 4.78 is 48.0. The molecular formula is C26H27F3N4O3. The number of para-hydroxylation sites is 2. The molecule has 2 amide bonds. The fraction of sp³-hybridized carbons (Fsp3) is 0.385. The smallest absolute Gasteiger partial charge is 0.406 e. The van der Waals surface area contributed by atoms with Crippen molar-refractivity contribution in [2.75, 3.05) is 5.32 Å². The number of allylic oxidation sites excluding steroid dienone is 1. The second kappa shape index (κ2) is 9.50. The maximum absolute atomic E-state index is 14.0. The number of rotatable bonds is 5. The van der Waals surface area contributed by atoms with Crippen LogP contribution in [0.1, 0.15) is 44.1 Å². The lowest BCUT2D eigenvalue weighted by Gasteiger charge is -2.34. The van der Waals surface area contributed by atoms with Crippen molar-refractivity contribution in [3.63, 3.8) is 0 Å². The quantitative estimate of drug-likeness (QED) is 0.536. The van der Waals surface area contributed by atoms with Crippen molar-refractivity contribution in [2.24, 2.45) is 0 Å². The Bertz CT molecular complexity index is 1180. The Labute approximate surface area is 206 Å². The van der Waals surface area contributed by atoms with E-state index in [1.54, 1.807) is 54.6 Å². The van der Waals surface area contributed by atoms with Gasteiger partial charge < -0.3 is 15.4 Å². The summed E-state index contributed by atoms with van der Waals surface area (Å²) in [6.07, 6.45) is -1.55. The highest BCUT2D eigenvalue weighted by Crippen LogP contribution is 2.41. The molecule has 3 atom stereocenters. The van der Waals surface area contributed by atoms with E-state index in [2.05, 4.69) is 16.1 Å². The molecule has 0 radical (unpaired) electrons. The summed E-state index contributed by atoms with van der Waals surface area (Å²) in [6, 6.07) is 13.2. The van der Waals surface area contributed by atoms with E-state index in [0.29, 0.717) is 17.0 Å². The van der Waals surface area contributed by atoms with Crippen LogP contribution >= 0.6 is 0 Å². The van der Waals surface area contributed by atoms with Gasteiger partial charge in [0.1, 0.15) is 23.5 Å². The van der Waals surface area contributed by atoms with Gasteiger partial charge in [0, 0.05) is 5.70 Å². The first-order valence-corrected chi connectivity index (χ1v) is 12.0. The molecule has 1 saturated heterocycles. The Morgan fingerprint density at radius 1 is 1.06 bits per heavy atom. The molecule has 0 bridgehead atoms. The second-order valence-electron chi connectivity index (χ2n) is 9.32. The molecule has 36 heavy (non-hydrogen) atoms. The Balaban J connectivity index is 1.41. The Kier molecular flexibility index (Phi) is 6.38. The van der Waals surface area contributed by atoms with Gasteiger partial charge in [-0.2, -0.15) is 13.2 Å². The van der Waals surface area contributed by atoms with E-state index >= 15 is 0 Å². The lowest BCUT2D eigenvalue weighted by atomic mass is 9.89. The van der Waals surface area contributed by atoms with Gasteiger partial charge in [0.25, 0.3) is 11.8 Å². The van der Waals surface area contributed by atoms with Crippen molar-refractivity contribution in [3.8, 4) is 5.75 Å². The van der Waals surface area contributed by atoms with Gasteiger partial charge in [0.15, 0.2) is 0 Å². The molecule has 2 aromatic rings. The number of halogens is 3. The second-order valence-corrected chi connectivity index (χ2v) is 9.32. The van der Waals surface area contributed by atoms with Gasteiger partial charge in [-0.15, -0.1) is 0 Å². The molecular weight excluding hydrogens is 473 g/mol. The number of ether oxygens (including phenoxy) is 1. The van der Waals surface area contributed by atoms with Gasteiger partial charge in [0.2, 0.25) is 0 Å². The highest BCUT2D eigenvalue weighted by atomic mass is 19.4. The third kappa shape index (κ3) is 4.53. The number of amides is 2. The first kappa shape index (κ1) is 24.2. The molecule has 3 aliphatic rings. The molecule has 1 saturated carbocycles. The summed E-state index contributed by atoms with van der Waals surface area (Å²) in [4.78, 5) is 26.6. The van der Waals surface area contributed by atoms with Crippen LogP contribution in [0.5, 0.6) is 5.75 Å². The zero-order valence-electron chi connectivity index (χ0n) is 19.6. The van der Waals surface area contributed by atoms with Crippen molar-refractivity contribution >= 4 is 17.5 Å². The standard InChI is InChI=1S/C26H27F3N4O3/c1-15-20(24(34)31-18-13-7-8-14-19(18)36-17-11-5-6-12-17)25(35)33-23(30-15)21(16-9-3-2-4-10-16)22(32-33)26(27,28)29/h2-4,7-10,13-14,17,21-23,30,32H,5-6,11-12H2,1H3,(H,31,34). The van der Waals surface area contributed by atoms with Gasteiger partial charge in [-0.3, -0.25) is 9.59 Å². The molecule has 2 heterocycles. The number of fused-ring (bicyclic) bond motifs is 1. The fourth-order valence-corrected chi connectivity index (χ4v) is 5.20. The minimum atomic E-state index is -4.62. The normalized spacial score (nSPS) is 24.5. The van der Waals surface area contributed by atoms with Gasteiger partial charge >= 0.3 is 6.18 Å². The van der Waals surface area contributed by atoms with Gasteiger partial charge in [-0.05, 0) is 50.3 Å². The summed E-state index contributed by atoms with van der Waals surface area (Å²) in [7, 11) is 0. The molecule has 190 valence electrons. The summed E-state index contributed by atoms with van der Waals surface area (Å²) in [5, 5.41) is 6.59. The van der Waals surface area contributed by atoms with Gasteiger partial charge in [0.05, 0.1) is 17.7 Å². The van der Waals surface area contributed by atoms with Crippen LogP contribution in [0, 0.1) is 0 Å². The number of hydrogen-bond donors (Lipinski definition) is 3. The molecule has 5 rings (SSSR count). The van der Waals surface area contributed by atoms with Crippen molar-refractivity contribution in [3.05, 3.63) is 71.4 Å². The summed E-state index contributed by atoms with van der Waals surface area (Å²) >= 11 is 0. The average molecular weight is 501 g/mol. The first-order valence-electron chi connectivity index (χ1n) is 12.0. The molecule has 10 heteroatoms. The summed E-state index contributed by atoms with van der Waals surface area (Å²) in [6.45, 7) is 1.52. The van der Waals surface area contributed by atoms with Crippen LogP contribution in [0.4, 0.5) is 18.9 Å². The highest BCUT2D eigenvalue weighted by Gasteiger charge is 2.58. The number of carbonyl (C=O) groups excluding carboxylic acids is 2. The Morgan fingerprint density at radius 2 is 1.72 bits per heavy atom. The van der Waals surface area contributed by atoms with E-state index in [1.165, 1.54) is 6.92 Å². The average Bonchev–Trinajstić information content (AvgIpc) is 3.49. The molecule has 3 N–H and O–H groups in total. The van der Waals surface area contributed by atoms with Crippen LogP contribution < -0.4 is 20.8 Å². The molecule has 2 aromatic carbocycles. The van der Waals surface area contributed by atoms with E-state index in [-0.39, 0.29) is 17.4 Å². The van der Waals surface area contributed by atoms with Gasteiger partial charge in [-0.25, -0.2) is 10.4 Å². The predicted octanol–water partition coefficient (Wildman–Crippen LogP) is 4.21. The maximum Gasteiger partial charge on any atom is 0.406 e. The molecule has 1 aliphatic carbocycles. The van der Waals surface area contributed by atoms with E-state index in [1.807, 2.05) is 0 Å². The number of hydrogen-bond acceptors (Lipinski definition) is 5. The first-order chi connectivity index (χ1) is 17.2. The number of hydrazine groups is 1. The predicted molar refractivity (Wildman–Crippen MR) is 127 cm³/mol. The molecule has 3 unspecified atom stereocenters.